The first-order valence-corrected chi connectivity index (χ1v) is 6.55. The molecular weight excluding hydrogens is 268 g/mol. The van der Waals surface area contributed by atoms with E-state index in [-0.39, 0.29) is 0 Å². The Balaban J connectivity index is 2.21. The van der Waals surface area contributed by atoms with Gasteiger partial charge in [-0.15, -0.1) is 0 Å². The lowest BCUT2D eigenvalue weighted by atomic mass is 10.1. The lowest BCUT2D eigenvalue weighted by Gasteiger charge is -2.13. The Morgan fingerprint density at radius 3 is 2.86 bits per heavy atom. The Morgan fingerprint density at radius 2 is 2.19 bits per heavy atom. The zero-order chi connectivity index (χ0) is 14.8. The van der Waals surface area contributed by atoms with E-state index in [0.29, 0.717) is 12.4 Å². The van der Waals surface area contributed by atoms with Crippen LogP contribution in [0.15, 0.2) is 42.7 Å². The quantitative estimate of drug-likeness (QED) is 0.744. The summed E-state index contributed by atoms with van der Waals surface area (Å²) in [5, 5.41) is 15.9. The maximum Gasteiger partial charge on any atom is 0.154 e. The average molecular weight is 284 g/mol. The minimum Gasteiger partial charge on any atom is -0.497 e. The van der Waals surface area contributed by atoms with Gasteiger partial charge in [0.2, 0.25) is 0 Å². The van der Waals surface area contributed by atoms with E-state index in [0.717, 1.165) is 27.3 Å². The maximum absolute atomic E-state index is 9.55. The summed E-state index contributed by atoms with van der Waals surface area (Å²) in [4.78, 5) is 4.61. The molecule has 0 fully saturated rings. The maximum atomic E-state index is 9.55. The van der Waals surface area contributed by atoms with Crippen LogP contribution in [0.25, 0.3) is 16.7 Å². The van der Waals surface area contributed by atoms with E-state index in [1.54, 1.807) is 25.0 Å². The summed E-state index contributed by atoms with van der Waals surface area (Å²) in [5.74, 6) is 1.45. The number of hydrogen-bond donors (Lipinski definition) is 1. The minimum absolute atomic E-state index is 0.402. The van der Waals surface area contributed by atoms with Crippen LogP contribution in [0.1, 0.15) is 5.56 Å². The molecule has 0 radical (unpaired) electrons. The second-order valence-electron chi connectivity index (χ2n) is 4.79. The highest BCUT2D eigenvalue weighted by atomic mass is 16.5. The third-order valence-electron chi connectivity index (χ3n) is 3.23. The van der Waals surface area contributed by atoms with E-state index in [4.69, 9.17) is 4.74 Å². The normalized spacial score (nSPS) is 11.2. The standard InChI is InChI=1S/C15H16N4O2/c1-18(20)10-11-8-15(19-7-3-6-16-19)17-14-9-12(21-2)4-5-13(11)14/h3-9,20H,10H2,1-2H3. The van der Waals surface area contributed by atoms with Crippen LogP contribution >= 0.6 is 0 Å². The van der Waals surface area contributed by atoms with Crippen LogP contribution in [-0.4, -0.2) is 39.2 Å². The van der Waals surface area contributed by atoms with Crippen molar-refractivity contribution >= 4 is 10.9 Å². The molecule has 21 heavy (non-hydrogen) atoms. The van der Waals surface area contributed by atoms with Gasteiger partial charge in [0.1, 0.15) is 5.75 Å². The molecule has 0 unspecified atom stereocenters. The molecule has 6 nitrogen and oxygen atoms in total. The summed E-state index contributed by atoms with van der Waals surface area (Å²) in [6, 6.07) is 9.48. The first-order valence-electron chi connectivity index (χ1n) is 6.55. The second kappa shape index (κ2) is 5.51. The van der Waals surface area contributed by atoms with Gasteiger partial charge in [0.15, 0.2) is 5.82 Å². The molecule has 2 heterocycles. The zero-order valence-corrected chi connectivity index (χ0v) is 11.9. The Kier molecular flexibility index (Phi) is 3.55. The van der Waals surface area contributed by atoms with Crippen LogP contribution in [0.2, 0.25) is 0 Å². The van der Waals surface area contributed by atoms with E-state index in [1.807, 2.05) is 36.5 Å². The third kappa shape index (κ3) is 2.72. The molecule has 0 aliphatic carbocycles. The highest BCUT2D eigenvalue weighted by Gasteiger charge is 2.10. The zero-order valence-electron chi connectivity index (χ0n) is 11.9. The molecule has 0 saturated heterocycles. The van der Waals surface area contributed by atoms with Crippen molar-refractivity contribution in [1.29, 1.82) is 0 Å². The van der Waals surface area contributed by atoms with E-state index >= 15 is 0 Å². The van der Waals surface area contributed by atoms with Gasteiger partial charge in [0, 0.05) is 37.4 Å². The molecule has 0 amide bonds. The summed E-state index contributed by atoms with van der Waals surface area (Å²) >= 11 is 0. The van der Waals surface area contributed by atoms with E-state index in [2.05, 4.69) is 10.1 Å². The number of methoxy groups -OCH3 is 1. The average Bonchev–Trinajstić information content (AvgIpc) is 3.00. The Bertz CT molecular complexity index is 754. The van der Waals surface area contributed by atoms with Gasteiger partial charge in [-0.1, -0.05) is 0 Å². The molecule has 1 N–H and O–H groups in total. The Labute approximate surface area is 122 Å². The molecular formula is C15H16N4O2. The van der Waals surface area contributed by atoms with Crippen molar-refractivity contribution in [2.24, 2.45) is 0 Å². The van der Waals surface area contributed by atoms with Crippen LogP contribution in [0.5, 0.6) is 5.75 Å². The van der Waals surface area contributed by atoms with Crippen LogP contribution < -0.4 is 4.74 Å². The summed E-state index contributed by atoms with van der Waals surface area (Å²) in [6.45, 7) is 0.402. The van der Waals surface area contributed by atoms with Gasteiger partial charge in [-0.2, -0.15) is 10.2 Å². The summed E-state index contributed by atoms with van der Waals surface area (Å²) < 4.78 is 6.95. The van der Waals surface area contributed by atoms with E-state index in [1.165, 1.54) is 0 Å². The molecule has 0 bridgehead atoms. The number of aromatic nitrogens is 3. The fraction of sp³-hybridized carbons (Fsp3) is 0.200. The second-order valence-corrected chi connectivity index (χ2v) is 4.79. The van der Waals surface area contributed by atoms with E-state index in [9.17, 15) is 5.21 Å². The van der Waals surface area contributed by atoms with Crippen molar-refractivity contribution in [3.63, 3.8) is 0 Å². The molecule has 0 saturated carbocycles. The molecule has 3 aromatic rings. The smallest absolute Gasteiger partial charge is 0.154 e. The first-order chi connectivity index (χ1) is 10.2. The first kappa shape index (κ1) is 13.5. The van der Waals surface area contributed by atoms with Gasteiger partial charge in [-0.25, -0.2) is 9.67 Å². The molecule has 1 aromatic carbocycles. The number of pyridine rings is 1. The molecule has 6 heteroatoms. The van der Waals surface area contributed by atoms with Crippen molar-refractivity contribution in [1.82, 2.24) is 19.8 Å². The number of hydrogen-bond acceptors (Lipinski definition) is 5. The van der Waals surface area contributed by atoms with Crippen molar-refractivity contribution in [3.8, 4) is 11.6 Å². The van der Waals surface area contributed by atoms with Crippen molar-refractivity contribution in [2.75, 3.05) is 14.2 Å². The topological polar surface area (TPSA) is 63.4 Å². The van der Waals surface area contributed by atoms with Crippen molar-refractivity contribution in [3.05, 3.63) is 48.3 Å². The lowest BCUT2D eigenvalue weighted by Crippen LogP contribution is -2.13. The third-order valence-corrected chi connectivity index (χ3v) is 3.23. The van der Waals surface area contributed by atoms with Gasteiger partial charge < -0.3 is 9.94 Å². The Morgan fingerprint density at radius 1 is 1.33 bits per heavy atom. The predicted molar refractivity (Wildman–Crippen MR) is 78.7 cm³/mol. The number of rotatable bonds is 4. The van der Waals surface area contributed by atoms with Gasteiger partial charge in [-0.3, -0.25) is 0 Å². The number of hydroxylamine groups is 2. The van der Waals surface area contributed by atoms with Gasteiger partial charge in [-0.05, 0) is 29.8 Å². The predicted octanol–water partition coefficient (Wildman–Crippen LogP) is 2.25. The lowest BCUT2D eigenvalue weighted by molar-refractivity contribution is -0.0728. The summed E-state index contributed by atoms with van der Waals surface area (Å²) in [5.41, 5.74) is 1.78. The van der Waals surface area contributed by atoms with Crippen molar-refractivity contribution < 1.29 is 9.94 Å². The van der Waals surface area contributed by atoms with Crippen molar-refractivity contribution in [2.45, 2.75) is 6.54 Å². The summed E-state index contributed by atoms with van der Waals surface area (Å²) in [6.07, 6.45) is 3.54. The SMILES string of the molecule is COc1ccc2c(CN(C)O)cc(-n3cccn3)nc2c1. The van der Waals surface area contributed by atoms with Crippen LogP contribution in [0.3, 0.4) is 0 Å². The largest absolute Gasteiger partial charge is 0.497 e. The molecule has 3 rings (SSSR count). The summed E-state index contributed by atoms with van der Waals surface area (Å²) in [7, 11) is 3.24. The van der Waals surface area contributed by atoms with Crippen LogP contribution in [0, 0.1) is 0 Å². The number of ether oxygens (including phenoxy) is 1. The van der Waals surface area contributed by atoms with Crippen LogP contribution in [0.4, 0.5) is 0 Å². The molecule has 0 atom stereocenters. The van der Waals surface area contributed by atoms with Gasteiger partial charge >= 0.3 is 0 Å². The molecule has 0 aliphatic heterocycles. The molecule has 0 aliphatic rings. The Hall–Kier alpha value is -2.44. The highest BCUT2D eigenvalue weighted by molar-refractivity contribution is 5.84. The molecule has 2 aromatic heterocycles. The fourth-order valence-electron chi connectivity index (χ4n) is 2.29. The minimum atomic E-state index is 0.402. The van der Waals surface area contributed by atoms with E-state index < -0.39 is 0 Å². The van der Waals surface area contributed by atoms with Gasteiger partial charge in [0.25, 0.3) is 0 Å². The number of nitrogens with zero attached hydrogens (tertiary/aromatic N) is 4. The van der Waals surface area contributed by atoms with Crippen LogP contribution in [-0.2, 0) is 6.54 Å². The number of benzene rings is 1. The highest BCUT2D eigenvalue weighted by Crippen LogP contribution is 2.25. The molecule has 0 spiro atoms. The fourth-order valence-corrected chi connectivity index (χ4v) is 2.29. The molecule has 108 valence electrons. The monoisotopic (exact) mass is 284 g/mol. The number of fused-ring (bicyclic) bond motifs is 1. The van der Waals surface area contributed by atoms with Gasteiger partial charge in [0.05, 0.1) is 12.6 Å².